The van der Waals surface area contributed by atoms with Crippen LogP contribution in [0.25, 0.3) is 10.2 Å². The van der Waals surface area contributed by atoms with E-state index in [0.29, 0.717) is 20.9 Å². The maximum absolute atomic E-state index is 12.2. The minimum atomic E-state index is -4.41. The number of nitrogens with zero attached hydrogens (tertiary/aromatic N) is 1. The lowest BCUT2D eigenvalue weighted by Crippen LogP contribution is -2.19. The minimum absolute atomic E-state index is 0.0253. The lowest BCUT2D eigenvalue weighted by molar-refractivity contribution is -0.153. The van der Waals surface area contributed by atoms with Gasteiger partial charge in [0.15, 0.2) is 11.7 Å². The van der Waals surface area contributed by atoms with E-state index in [2.05, 4.69) is 10.3 Å². The predicted octanol–water partition coefficient (Wildman–Crippen LogP) is 4.12. The molecule has 1 aromatic heterocycles. The highest BCUT2D eigenvalue weighted by molar-refractivity contribution is 7.22. The standard InChI is InChI=1S/C17H13F3N2O3S/c18-17(19,20)9-25-11-5-6-12-14(8-11)26-16(21-12)22-15(24)7-10-3-1-2-4-13(10)23/h1-6,8,23H,7,9H2,(H,21,22,24). The van der Waals surface area contributed by atoms with Crippen LogP contribution in [-0.2, 0) is 11.2 Å². The molecule has 136 valence electrons. The molecule has 0 bridgehead atoms. The van der Waals surface area contributed by atoms with E-state index in [1.165, 1.54) is 24.3 Å². The molecule has 5 nitrogen and oxygen atoms in total. The number of anilines is 1. The number of benzene rings is 2. The number of alkyl halides is 3. The molecule has 0 aliphatic carbocycles. The van der Waals surface area contributed by atoms with Gasteiger partial charge in [-0.2, -0.15) is 13.2 Å². The molecule has 1 heterocycles. The normalized spacial score (nSPS) is 11.5. The third kappa shape index (κ3) is 4.63. The van der Waals surface area contributed by atoms with Gasteiger partial charge in [-0.15, -0.1) is 0 Å². The quantitative estimate of drug-likeness (QED) is 0.696. The number of phenols is 1. The largest absolute Gasteiger partial charge is 0.508 e. The molecule has 0 aliphatic heterocycles. The van der Waals surface area contributed by atoms with E-state index in [4.69, 9.17) is 4.74 Å². The zero-order valence-corrected chi connectivity index (χ0v) is 14.0. The van der Waals surface area contributed by atoms with Crippen LogP contribution in [0.1, 0.15) is 5.56 Å². The number of phenolic OH excluding ortho intramolecular Hbond substituents is 1. The third-order valence-corrected chi connectivity index (χ3v) is 4.28. The number of carbonyl (C=O) groups is 1. The number of nitrogens with one attached hydrogen (secondary N) is 1. The number of hydrogen-bond donors (Lipinski definition) is 2. The van der Waals surface area contributed by atoms with Crippen LogP contribution in [-0.4, -0.2) is 28.8 Å². The summed E-state index contributed by atoms with van der Waals surface area (Å²) in [5.41, 5.74) is 1.01. The van der Waals surface area contributed by atoms with Crippen molar-refractivity contribution < 1.29 is 27.8 Å². The Balaban J connectivity index is 1.69. The van der Waals surface area contributed by atoms with Gasteiger partial charge in [0, 0.05) is 5.56 Å². The molecule has 0 atom stereocenters. The fourth-order valence-corrected chi connectivity index (χ4v) is 3.12. The van der Waals surface area contributed by atoms with E-state index >= 15 is 0 Å². The summed E-state index contributed by atoms with van der Waals surface area (Å²) in [4.78, 5) is 16.3. The number of amides is 1. The Hall–Kier alpha value is -2.81. The van der Waals surface area contributed by atoms with Crippen molar-refractivity contribution >= 4 is 32.6 Å². The predicted molar refractivity (Wildman–Crippen MR) is 91.6 cm³/mol. The van der Waals surface area contributed by atoms with Crippen LogP contribution in [0.4, 0.5) is 18.3 Å². The highest BCUT2D eigenvalue weighted by atomic mass is 32.1. The number of thiazole rings is 1. The summed E-state index contributed by atoms with van der Waals surface area (Å²) in [5.74, 6) is -0.261. The van der Waals surface area contributed by atoms with Crippen LogP contribution in [0.3, 0.4) is 0 Å². The van der Waals surface area contributed by atoms with Gasteiger partial charge in [-0.05, 0) is 24.3 Å². The van der Waals surface area contributed by atoms with Crippen molar-refractivity contribution in [2.45, 2.75) is 12.6 Å². The molecular weight excluding hydrogens is 369 g/mol. The van der Waals surface area contributed by atoms with Crippen LogP contribution in [0.2, 0.25) is 0 Å². The van der Waals surface area contributed by atoms with Crippen molar-refractivity contribution in [1.82, 2.24) is 4.98 Å². The lowest BCUT2D eigenvalue weighted by Gasteiger charge is -2.08. The van der Waals surface area contributed by atoms with Gasteiger partial charge >= 0.3 is 6.18 Å². The first-order valence-corrected chi connectivity index (χ1v) is 8.29. The van der Waals surface area contributed by atoms with Crippen LogP contribution in [0.5, 0.6) is 11.5 Å². The molecule has 0 saturated heterocycles. The summed E-state index contributed by atoms with van der Waals surface area (Å²) in [7, 11) is 0. The zero-order chi connectivity index (χ0) is 18.7. The molecule has 2 aromatic carbocycles. The Labute approximate surface area is 150 Å². The fraction of sp³-hybridized carbons (Fsp3) is 0.176. The topological polar surface area (TPSA) is 71.5 Å². The second-order valence-corrected chi connectivity index (χ2v) is 6.44. The minimum Gasteiger partial charge on any atom is -0.508 e. The molecule has 9 heteroatoms. The van der Waals surface area contributed by atoms with Crippen molar-refractivity contribution in [3.05, 3.63) is 48.0 Å². The van der Waals surface area contributed by atoms with Crippen molar-refractivity contribution in [2.75, 3.05) is 11.9 Å². The number of rotatable bonds is 5. The van der Waals surface area contributed by atoms with Crippen molar-refractivity contribution in [2.24, 2.45) is 0 Å². The number of hydrogen-bond acceptors (Lipinski definition) is 5. The number of aromatic nitrogens is 1. The molecule has 0 fully saturated rings. The Bertz CT molecular complexity index is 940. The monoisotopic (exact) mass is 382 g/mol. The SMILES string of the molecule is O=C(Cc1ccccc1O)Nc1nc2ccc(OCC(F)(F)F)cc2s1. The molecule has 3 aromatic rings. The lowest BCUT2D eigenvalue weighted by atomic mass is 10.1. The molecule has 0 spiro atoms. The highest BCUT2D eigenvalue weighted by Gasteiger charge is 2.28. The molecule has 0 saturated carbocycles. The summed E-state index contributed by atoms with van der Waals surface area (Å²) in [6, 6.07) is 10.8. The van der Waals surface area contributed by atoms with E-state index in [1.807, 2.05) is 0 Å². The molecule has 1 amide bonds. The smallest absolute Gasteiger partial charge is 0.422 e. The number of para-hydroxylation sites is 1. The Morgan fingerprint density at radius 3 is 2.73 bits per heavy atom. The average Bonchev–Trinajstić information content (AvgIpc) is 2.95. The summed E-state index contributed by atoms with van der Waals surface area (Å²) in [5, 5.41) is 12.6. The van der Waals surface area contributed by atoms with Crippen LogP contribution in [0, 0.1) is 0 Å². The van der Waals surface area contributed by atoms with Crippen molar-refractivity contribution in [1.29, 1.82) is 0 Å². The molecule has 0 radical (unpaired) electrons. The van der Waals surface area contributed by atoms with Crippen molar-refractivity contribution in [3.63, 3.8) is 0 Å². The van der Waals surface area contributed by atoms with Crippen LogP contribution < -0.4 is 10.1 Å². The van der Waals surface area contributed by atoms with E-state index in [9.17, 15) is 23.1 Å². The van der Waals surface area contributed by atoms with E-state index in [-0.39, 0.29) is 23.8 Å². The summed E-state index contributed by atoms with van der Waals surface area (Å²) < 4.78 is 41.9. The van der Waals surface area contributed by atoms with Gasteiger partial charge in [-0.25, -0.2) is 4.98 Å². The zero-order valence-electron chi connectivity index (χ0n) is 13.2. The molecule has 0 unspecified atom stereocenters. The second kappa shape index (κ2) is 7.20. The molecular formula is C17H13F3N2O3S. The van der Waals surface area contributed by atoms with Gasteiger partial charge in [0.2, 0.25) is 5.91 Å². The first kappa shape index (κ1) is 18.0. The van der Waals surface area contributed by atoms with Gasteiger partial charge in [-0.1, -0.05) is 29.5 Å². The Morgan fingerprint density at radius 2 is 2.00 bits per heavy atom. The summed E-state index contributed by atoms with van der Waals surface area (Å²) in [6.45, 7) is -1.37. The molecule has 3 rings (SSSR count). The van der Waals surface area contributed by atoms with Crippen molar-refractivity contribution in [3.8, 4) is 11.5 Å². The summed E-state index contributed by atoms with van der Waals surface area (Å²) in [6.07, 6.45) is -4.44. The van der Waals surface area contributed by atoms with Gasteiger partial charge < -0.3 is 15.2 Å². The second-order valence-electron chi connectivity index (χ2n) is 5.41. The van der Waals surface area contributed by atoms with Crippen LogP contribution in [0.15, 0.2) is 42.5 Å². The Kier molecular flexibility index (Phi) is 4.99. The van der Waals surface area contributed by atoms with Gasteiger partial charge in [0.05, 0.1) is 16.6 Å². The molecule has 0 aliphatic rings. The number of fused-ring (bicyclic) bond motifs is 1. The van der Waals surface area contributed by atoms with E-state index in [1.54, 1.807) is 18.2 Å². The number of halogens is 3. The first-order chi connectivity index (χ1) is 12.3. The van der Waals surface area contributed by atoms with Crippen LogP contribution >= 0.6 is 11.3 Å². The number of ether oxygens (including phenoxy) is 1. The van der Waals surface area contributed by atoms with Gasteiger partial charge in [0.25, 0.3) is 0 Å². The first-order valence-electron chi connectivity index (χ1n) is 7.47. The Morgan fingerprint density at radius 1 is 1.23 bits per heavy atom. The van der Waals surface area contributed by atoms with E-state index < -0.39 is 12.8 Å². The molecule has 26 heavy (non-hydrogen) atoms. The number of aromatic hydroxyl groups is 1. The fourth-order valence-electron chi connectivity index (χ4n) is 2.21. The van der Waals surface area contributed by atoms with Gasteiger partial charge in [-0.3, -0.25) is 4.79 Å². The third-order valence-electron chi connectivity index (χ3n) is 3.35. The average molecular weight is 382 g/mol. The summed E-state index contributed by atoms with van der Waals surface area (Å²) >= 11 is 1.12. The highest BCUT2D eigenvalue weighted by Crippen LogP contribution is 2.30. The number of carbonyl (C=O) groups excluding carboxylic acids is 1. The molecule has 2 N–H and O–H groups in total. The van der Waals surface area contributed by atoms with E-state index in [0.717, 1.165) is 11.3 Å². The maximum atomic E-state index is 12.2. The van der Waals surface area contributed by atoms with Gasteiger partial charge in [0.1, 0.15) is 11.5 Å². The maximum Gasteiger partial charge on any atom is 0.422 e.